The maximum absolute atomic E-state index is 12.5. The van der Waals surface area contributed by atoms with Crippen LogP contribution in [-0.4, -0.2) is 43.0 Å². The third-order valence-corrected chi connectivity index (χ3v) is 5.37. The first-order valence-electron chi connectivity index (χ1n) is 9.43. The smallest absolute Gasteiger partial charge is 0.444 e. The van der Waals surface area contributed by atoms with Crippen LogP contribution < -0.4 is 16.5 Å². The number of carbonyl (C=O) groups is 2. The Balaban J connectivity index is 2.01. The molecule has 1 aliphatic rings. The highest BCUT2D eigenvalue weighted by molar-refractivity contribution is 6.62. The van der Waals surface area contributed by atoms with E-state index in [1.54, 1.807) is 12.1 Å². The molecule has 1 fully saturated rings. The van der Waals surface area contributed by atoms with Crippen molar-refractivity contribution < 1.29 is 23.6 Å². The molecule has 0 aromatic heterocycles. The molecule has 0 saturated carbocycles. The molecule has 1 atom stereocenters. The second-order valence-corrected chi connectivity index (χ2v) is 9.21. The molecule has 2 rings (SSSR count). The fraction of sp³-hybridized carbons (Fsp3) is 0.600. The van der Waals surface area contributed by atoms with E-state index in [9.17, 15) is 9.59 Å². The highest BCUT2D eigenvalue weighted by Gasteiger charge is 2.51. The summed E-state index contributed by atoms with van der Waals surface area (Å²) in [5, 5.41) is 2.79. The molecular formula is C20H31BN2O5. The molecule has 0 radical (unpaired) electrons. The van der Waals surface area contributed by atoms with Crippen LogP contribution in [0.2, 0.25) is 0 Å². The summed E-state index contributed by atoms with van der Waals surface area (Å²) in [6.45, 7) is 13.9. The molecule has 1 aliphatic heterocycles. The molecule has 1 heterocycles. The van der Waals surface area contributed by atoms with Crippen LogP contribution in [0.4, 0.5) is 4.79 Å². The normalized spacial score (nSPS) is 19.2. The average molecular weight is 390 g/mol. The van der Waals surface area contributed by atoms with E-state index in [1.165, 1.54) is 0 Å². The molecule has 8 heteroatoms. The SMILES string of the molecule is CC(C)(C)C(CNC(=O)c1ccc(B2OC(C)(C)C(C)(C)O2)cc1)OC(N)=O. The van der Waals surface area contributed by atoms with Gasteiger partial charge in [-0.05, 0) is 45.3 Å². The zero-order valence-electron chi connectivity index (χ0n) is 17.8. The standard InChI is InChI=1S/C20H31BN2O5/c1-18(2,3)15(26-17(22)25)12-23-16(24)13-8-10-14(11-9-13)21-27-19(4,5)20(6,7)28-21/h8-11,15H,12H2,1-7H3,(H2,22,25)(H,23,24). The Bertz CT molecular complexity index is 709. The van der Waals surface area contributed by atoms with Crippen molar-refractivity contribution in [1.29, 1.82) is 0 Å². The van der Waals surface area contributed by atoms with Gasteiger partial charge in [0.05, 0.1) is 17.7 Å². The minimum atomic E-state index is -0.860. The minimum Gasteiger partial charge on any atom is -0.444 e. The number of primary amides is 1. The number of nitrogens with one attached hydrogen (secondary N) is 1. The fourth-order valence-corrected chi connectivity index (χ4v) is 2.72. The Morgan fingerprint density at radius 2 is 1.61 bits per heavy atom. The summed E-state index contributed by atoms with van der Waals surface area (Å²) in [5.41, 5.74) is 5.26. The highest BCUT2D eigenvalue weighted by atomic mass is 16.7. The molecule has 1 aromatic carbocycles. The Kier molecular flexibility index (Phi) is 6.16. The summed E-state index contributed by atoms with van der Waals surface area (Å²) in [6.07, 6.45) is -1.39. The van der Waals surface area contributed by atoms with Crippen molar-refractivity contribution in [3.63, 3.8) is 0 Å². The molecule has 0 spiro atoms. The van der Waals surface area contributed by atoms with E-state index in [4.69, 9.17) is 19.8 Å². The summed E-state index contributed by atoms with van der Waals surface area (Å²) >= 11 is 0. The molecule has 7 nitrogen and oxygen atoms in total. The Labute approximate surface area is 167 Å². The van der Waals surface area contributed by atoms with Crippen molar-refractivity contribution in [2.45, 2.75) is 65.8 Å². The van der Waals surface area contributed by atoms with Crippen LogP contribution in [0.3, 0.4) is 0 Å². The largest absolute Gasteiger partial charge is 0.494 e. The van der Waals surface area contributed by atoms with Gasteiger partial charge in [0.25, 0.3) is 5.91 Å². The average Bonchev–Trinajstić information content (AvgIpc) is 2.78. The molecule has 1 unspecified atom stereocenters. The van der Waals surface area contributed by atoms with Gasteiger partial charge in [-0.1, -0.05) is 32.9 Å². The van der Waals surface area contributed by atoms with Crippen LogP contribution in [0.1, 0.15) is 58.8 Å². The van der Waals surface area contributed by atoms with Crippen LogP contribution in [0.15, 0.2) is 24.3 Å². The molecule has 1 saturated heterocycles. The molecule has 2 amide bonds. The van der Waals surface area contributed by atoms with E-state index >= 15 is 0 Å². The van der Waals surface area contributed by atoms with Gasteiger partial charge in [0, 0.05) is 11.0 Å². The number of carbonyl (C=O) groups excluding carboxylic acids is 2. The van der Waals surface area contributed by atoms with Gasteiger partial charge in [0.15, 0.2) is 0 Å². The number of benzene rings is 1. The van der Waals surface area contributed by atoms with Crippen LogP contribution in [0.25, 0.3) is 0 Å². The minimum absolute atomic E-state index is 0.171. The second-order valence-electron chi connectivity index (χ2n) is 9.21. The molecule has 1 aromatic rings. The monoisotopic (exact) mass is 390 g/mol. The van der Waals surface area contributed by atoms with E-state index in [2.05, 4.69) is 5.32 Å². The van der Waals surface area contributed by atoms with Crippen LogP contribution >= 0.6 is 0 Å². The lowest BCUT2D eigenvalue weighted by Crippen LogP contribution is -2.43. The molecule has 0 bridgehead atoms. The molecule has 3 N–H and O–H groups in total. The summed E-state index contributed by atoms with van der Waals surface area (Å²) in [7, 11) is -0.476. The van der Waals surface area contributed by atoms with E-state index in [-0.39, 0.29) is 17.9 Å². The van der Waals surface area contributed by atoms with Gasteiger partial charge in [0.1, 0.15) is 6.10 Å². The van der Waals surface area contributed by atoms with Crippen molar-refractivity contribution >= 4 is 24.6 Å². The lowest BCUT2D eigenvalue weighted by molar-refractivity contribution is 0.00578. The summed E-state index contributed by atoms with van der Waals surface area (Å²) < 4.78 is 17.2. The third kappa shape index (κ3) is 5.05. The van der Waals surface area contributed by atoms with Crippen molar-refractivity contribution in [3.05, 3.63) is 29.8 Å². The summed E-state index contributed by atoms with van der Waals surface area (Å²) in [5.74, 6) is -0.261. The predicted molar refractivity (Wildman–Crippen MR) is 108 cm³/mol. The van der Waals surface area contributed by atoms with Crippen molar-refractivity contribution in [3.8, 4) is 0 Å². The number of ether oxygens (including phenoxy) is 1. The van der Waals surface area contributed by atoms with Crippen LogP contribution in [-0.2, 0) is 14.0 Å². The topological polar surface area (TPSA) is 99.9 Å². The number of hydrogen-bond acceptors (Lipinski definition) is 5. The number of hydrogen-bond donors (Lipinski definition) is 2. The Morgan fingerprint density at radius 3 is 2.04 bits per heavy atom. The predicted octanol–water partition coefficient (Wildman–Crippen LogP) is 2.23. The van der Waals surface area contributed by atoms with E-state index < -0.39 is 30.5 Å². The first kappa shape index (κ1) is 22.2. The van der Waals surface area contributed by atoms with E-state index in [1.807, 2.05) is 60.6 Å². The number of rotatable bonds is 5. The Morgan fingerprint density at radius 1 is 1.11 bits per heavy atom. The van der Waals surface area contributed by atoms with Gasteiger partial charge in [-0.15, -0.1) is 0 Å². The van der Waals surface area contributed by atoms with Gasteiger partial charge >= 0.3 is 13.2 Å². The van der Waals surface area contributed by atoms with Gasteiger partial charge in [-0.3, -0.25) is 4.79 Å². The summed E-state index contributed by atoms with van der Waals surface area (Å²) in [4.78, 5) is 23.5. The van der Waals surface area contributed by atoms with Crippen LogP contribution in [0, 0.1) is 5.41 Å². The maximum Gasteiger partial charge on any atom is 0.494 e. The Hall–Kier alpha value is -2.06. The van der Waals surface area contributed by atoms with Crippen LogP contribution in [0.5, 0.6) is 0 Å². The van der Waals surface area contributed by atoms with E-state index in [0.717, 1.165) is 5.46 Å². The first-order chi connectivity index (χ1) is 12.7. The highest BCUT2D eigenvalue weighted by Crippen LogP contribution is 2.36. The van der Waals surface area contributed by atoms with Crippen molar-refractivity contribution in [2.75, 3.05) is 6.54 Å². The zero-order chi connectivity index (χ0) is 21.3. The van der Waals surface area contributed by atoms with Gasteiger partial charge in [0.2, 0.25) is 0 Å². The lowest BCUT2D eigenvalue weighted by atomic mass is 9.79. The first-order valence-corrected chi connectivity index (χ1v) is 9.43. The quantitative estimate of drug-likeness (QED) is 0.751. The fourth-order valence-electron chi connectivity index (χ4n) is 2.72. The van der Waals surface area contributed by atoms with Crippen molar-refractivity contribution in [2.24, 2.45) is 11.1 Å². The molecular weight excluding hydrogens is 359 g/mol. The second kappa shape index (κ2) is 7.76. The maximum atomic E-state index is 12.5. The molecule has 154 valence electrons. The molecule has 0 aliphatic carbocycles. The molecule has 28 heavy (non-hydrogen) atoms. The lowest BCUT2D eigenvalue weighted by Gasteiger charge is -2.32. The summed E-state index contributed by atoms with van der Waals surface area (Å²) in [6, 6.07) is 7.07. The van der Waals surface area contributed by atoms with Gasteiger partial charge in [-0.2, -0.15) is 0 Å². The number of nitrogens with two attached hydrogens (primary N) is 1. The zero-order valence-corrected chi connectivity index (χ0v) is 17.8. The number of amides is 2. The van der Waals surface area contributed by atoms with Gasteiger partial charge in [-0.25, -0.2) is 4.79 Å². The van der Waals surface area contributed by atoms with E-state index in [0.29, 0.717) is 5.56 Å². The van der Waals surface area contributed by atoms with Crippen molar-refractivity contribution in [1.82, 2.24) is 5.32 Å². The van der Waals surface area contributed by atoms with Gasteiger partial charge < -0.3 is 25.1 Å². The third-order valence-electron chi connectivity index (χ3n) is 5.37.